The van der Waals surface area contributed by atoms with Crippen molar-refractivity contribution in [2.45, 2.75) is 16.6 Å². The molecule has 0 saturated carbocycles. The van der Waals surface area contributed by atoms with Crippen LogP contribution in [0.5, 0.6) is 11.5 Å². The van der Waals surface area contributed by atoms with Gasteiger partial charge in [0.1, 0.15) is 22.9 Å². The fourth-order valence-electron chi connectivity index (χ4n) is 2.54. The SMILES string of the molecule is Cn1ccc(NC(=O)Cc2cc(Oc3ccccc3)cc(Sc3ncn[nH]3)n2)n1. The van der Waals surface area contributed by atoms with Crippen LogP contribution >= 0.6 is 11.8 Å². The van der Waals surface area contributed by atoms with Gasteiger partial charge in [-0.15, -0.1) is 0 Å². The molecule has 3 aromatic heterocycles. The van der Waals surface area contributed by atoms with E-state index in [1.165, 1.54) is 18.1 Å². The number of carbonyl (C=O) groups is 1. The Bertz CT molecular complexity index is 1100. The number of hydrogen-bond donors (Lipinski definition) is 2. The Hall–Kier alpha value is -3.66. The molecule has 0 atom stereocenters. The van der Waals surface area contributed by atoms with E-state index in [0.717, 1.165) is 0 Å². The number of benzene rings is 1. The molecule has 4 aromatic rings. The molecule has 0 aliphatic rings. The number of aromatic nitrogens is 6. The molecular formula is C19H17N7O2S. The number of anilines is 1. The van der Waals surface area contributed by atoms with E-state index < -0.39 is 0 Å². The Morgan fingerprint density at radius 2 is 2.07 bits per heavy atom. The lowest BCUT2D eigenvalue weighted by molar-refractivity contribution is -0.115. The number of nitrogens with one attached hydrogen (secondary N) is 2. The summed E-state index contributed by atoms with van der Waals surface area (Å²) in [4.78, 5) is 21.1. The molecule has 1 aromatic carbocycles. The van der Waals surface area contributed by atoms with Crippen LogP contribution in [-0.2, 0) is 18.3 Å². The molecule has 0 radical (unpaired) electrons. The van der Waals surface area contributed by atoms with Crippen LogP contribution in [0.3, 0.4) is 0 Å². The van der Waals surface area contributed by atoms with Crippen molar-refractivity contribution in [3.8, 4) is 11.5 Å². The molecule has 9 nitrogen and oxygen atoms in total. The zero-order chi connectivity index (χ0) is 20.1. The Morgan fingerprint density at radius 3 is 2.79 bits per heavy atom. The van der Waals surface area contributed by atoms with Gasteiger partial charge in [-0.3, -0.25) is 14.6 Å². The molecule has 0 saturated heterocycles. The lowest BCUT2D eigenvalue weighted by Gasteiger charge is -2.10. The minimum atomic E-state index is -0.219. The summed E-state index contributed by atoms with van der Waals surface area (Å²) < 4.78 is 7.55. The van der Waals surface area contributed by atoms with Gasteiger partial charge in [0.15, 0.2) is 11.0 Å². The summed E-state index contributed by atoms with van der Waals surface area (Å²) in [5, 5.41) is 14.8. The number of ether oxygens (including phenoxy) is 1. The van der Waals surface area contributed by atoms with Gasteiger partial charge in [-0.2, -0.15) is 10.2 Å². The van der Waals surface area contributed by atoms with E-state index in [-0.39, 0.29) is 12.3 Å². The number of nitrogens with zero attached hydrogens (tertiary/aromatic N) is 5. The third-order valence-electron chi connectivity index (χ3n) is 3.72. The fraction of sp³-hybridized carbons (Fsp3) is 0.105. The number of carbonyl (C=O) groups excluding carboxylic acids is 1. The summed E-state index contributed by atoms with van der Waals surface area (Å²) in [5.74, 6) is 1.54. The second kappa shape index (κ2) is 8.57. The zero-order valence-corrected chi connectivity index (χ0v) is 16.3. The predicted molar refractivity (Wildman–Crippen MR) is 107 cm³/mol. The van der Waals surface area contributed by atoms with Crippen molar-refractivity contribution >= 4 is 23.5 Å². The van der Waals surface area contributed by atoms with Gasteiger partial charge in [-0.25, -0.2) is 9.97 Å². The van der Waals surface area contributed by atoms with Gasteiger partial charge in [0.05, 0.1) is 12.1 Å². The Labute approximate surface area is 170 Å². The van der Waals surface area contributed by atoms with E-state index in [4.69, 9.17) is 4.74 Å². The first-order chi connectivity index (χ1) is 14.1. The van der Waals surface area contributed by atoms with Crippen LogP contribution in [0.4, 0.5) is 5.82 Å². The van der Waals surface area contributed by atoms with Crippen LogP contribution in [0.1, 0.15) is 5.69 Å². The van der Waals surface area contributed by atoms with Gasteiger partial charge in [0.2, 0.25) is 5.91 Å². The van der Waals surface area contributed by atoms with E-state index in [0.29, 0.717) is 33.2 Å². The summed E-state index contributed by atoms with van der Waals surface area (Å²) in [5.41, 5.74) is 0.564. The zero-order valence-electron chi connectivity index (χ0n) is 15.4. The van der Waals surface area contributed by atoms with E-state index in [9.17, 15) is 4.79 Å². The smallest absolute Gasteiger partial charge is 0.231 e. The summed E-state index contributed by atoms with van der Waals surface area (Å²) in [7, 11) is 1.79. The van der Waals surface area contributed by atoms with Gasteiger partial charge in [-0.05, 0) is 23.9 Å². The maximum atomic E-state index is 12.4. The third kappa shape index (κ3) is 5.20. The van der Waals surface area contributed by atoms with Crippen LogP contribution in [0, 0.1) is 0 Å². The third-order valence-corrected chi connectivity index (χ3v) is 4.53. The summed E-state index contributed by atoms with van der Waals surface area (Å²) in [6, 6.07) is 14.7. The number of hydrogen-bond acceptors (Lipinski definition) is 7. The predicted octanol–water partition coefficient (Wildman–Crippen LogP) is 3.06. The molecule has 146 valence electrons. The minimum absolute atomic E-state index is 0.0759. The molecule has 0 bridgehead atoms. The summed E-state index contributed by atoms with van der Waals surface area (Å²) in [6.45, 7) is 0. The first-order valence-electron chi connectivity index (χ1n) is 8.70. The van der Waals surface area contributed by atoms with Crippen molar-refractivity contribution in [2.75, 3.05) is 5.32 Å². The van der Waals surface area contributed by atoms with Crippen LogP contribution in [0.25, 0.3) is 0 Å². The summed E-state index contributed by atoms with van der Waals surface area (Å²) >= 11 is 1.30. The standard InChI is InChI=1S/C19H17N7O2S/c1-26-8-7-16(25-26)23-17(27)10-13-9-15(28-14-5-3-2-4-6-14)11-18(22-13)29-19-20-12-21-24-19/h2-9,11-12H,10H2,1H3,(H,20,21,24)(H,23,25,27). The van der Waals surface area contributed by atoms with E-state index in [1.54, 1.807) is 36.1 Å². The highest BCUT2D eigenvalue weighted by Crippen LogP contribution is 2.29. The molecule has 2 N–H and O–H groups in total. The monoisotopic (exact) mass is 407 g/mol. The Kier molecular flexibility index (Phi) is 5.52. The van der Waals surface area contributed by atoms with Crippen LogP contribution < -0.4 is 10.1 Å². The van der Waals surface area contributed by atoms with Crippen molar-refractivity contribution < 1.29 is 9.53 Å². The molecule has 0 aliphatic heterocycles. The van der Waals surface area contributed by atoms with Gasteiger partial charge in [0.25, 0.3) is 0 Å². The van der Waals surface area contributed by atoms with Crippen molar-refractivity contribution in [3.63, 3.8) is 0 Å². The molecule has 0 spiro atoms. The largest absolute Gasteiger partial charge is 0.457 e. The molecule has 29 heavy (non-hydrogen) atoms. The number of amides is 1. The molecular weight excluding hydrogens is 390 g/mol. The topological polar surface area (TPSA) is 111 Å². The Balaban J connectivity index is 1.55. The second-order valence-corrected chi connectivity index (χ2v) is 7.05. The molecule has 0 fully saturated rings. The van der Waals surface area contributed by atoms with Gasteiger partial charge < -0.3 is 10.1 Å². The highest BCUT2D eigenvalue weighted by molar-refractivity contribution is 7.99. The van der Waals surface area contributed by atoms with E-state index in [1.807, 2.05) is 30.3 Å². The molecule has 3 heterocycles. The number of aromatic amines is 1. The average Bonchev–Trinajstić information content (AvgIpc) is 3.34. The molecule has 1 amide bonds. The highest BCUT2D eigenvalue weighted by atomic mass is 32.2. The molecule has 0 aliphatic carbocycles. The molecule has 10 heteroatoms. The van der Waals surface area contributed by atoms with Gasteiger partial charge in [-0.1, -0.05) is 18.2 Å². The van der Waals surface area contributed by atoms with Gasteiger partial charge in [0, 0.05) is 31.4 Å². The van der Waals surface area contributed by atoms with Gasteiger partial charge >= 0.3 is 0 Å². The first-order valence-corrected chi connectivity index (χ1v) is 9.52. The fourth-order valence-corrected chi connectivity index (χ4v) is 3.27. The second-order valence-electron chi connectivity index (χ2n) is 6.04. The molecule has 4 rings (SSSR count). The Morgan fingerprint density at radius 1 is 1.21 bits per heavy atom. The quantitative estimate of drug-likeness (QED) is 0.484. The normalized spacial score (nSPS) is 10.7. The number of rotatable bonds is 7. The number of aryl methyl sites for hydroxylation is 1. The summed E-state index contributed by atoms with van der Waals surface area (Å²) in [6.07, 6.45) is 3.26. The van der Waals surface area contributed by atoms with E-state index >= 15 is 0 Å². The maximum Gasteiger partial charge on any atom is 0.231 e. The average molecular weight is 407 g/mol. The maximum absolute atomic E-state index is 12.4. The number of pyridine rings is 1. The van der Waals surface area contributed by atoms with Crippen LogP contribution in [-0.4, -0.2) is 35.9 Å². The first kappa shape index (κ1) is 18.7. The van der Waals surface area contributed by atoms with Crippen LogP contribution in [0.2, 0.25) is 0 Å². The van der Waals surface area contributed by atoms with Crippen molar-refractivity contribution in [2.24, 2.45) is 7.05 Å². The lowest BCUT2D eigenvalue weighted by Crippen LogP contribution is -2.16. The minimum Gasteiger partial charge on any atom is -0.457 e. The van der Waals surface area contributed by atoms with E-state index in [2.05, 4.69) is 30.6 Å². The molecule has 0 unspecified atom stereocenters. The van der Waals surface area contributed by atoms with Crippen molar-refractivity contribution in [1.29, 1.82) is 0 Å². The highest BCUT2D eigenvalue weighted by Gasteiger charge is 2.12. The lowest BCUT2D eigenvalue weighted by atomic mass is 10.2. The van der Waals surface area contributed by atoms with Crippen LogP contribution in [0.15, 0.2) is 71.2 Å². The number of H-pyrrole nitrogens is 1. The number of para-hydroxylation sites is 1. The van der Waals surface area contributed by atoms with Crippen molar-refractivity contribution in [1.82, 2.24) is 29.9 Å². The van der Waals surface area contributed by atoms with Crippen molar-refractivity contribution in [3.05, 3.63) is 66.7 Å².